The highest BCUT2D eigenvalue weighted by atomic mass is 32.2. The smallest absolute Gasteiger partial charge is 0.251 e. The number of rotatable bonds is 6. The summed E-state index contributed by atoms with van der Waals surface area (Å²) >= 11 is 2.95. The standard InChI is InChI=1S/C19H23N3O2S2/c1-12(2)22-9-8-14-15(10-22)26-19(17(14)18(20)24)21-16(23)11-25-13-6-4-3-5-7-13/h3-7,12H,8-11H2,1-2H3,(H2,20,24)(H,21,23). The third-order valence-corrected chi connectivity index (χ3v) is 6.57. The van der Waals surface area contributed by atoms with Crippen molar-refractivity contribution in [2.45, 2.75) is 37.8 Å². The van der Waals surface area contributed by atoms with Crippen molar-refractivity contribution in [3.05, 3.63) is 46.3 Å². The number of anilines is 1. The summed E-state index contributed by atoms with van der Waals surface area (Å²) in [6, 6.07) is 10.2. The number of primary amides is 1. The largest absolute Gasteiger partial charge is 0.365 e. The lowest BCUT2D eigenvalue weighted by Gasteiger charge is -2.30. The molecule has 0 atom stereocenters. The van der Waals surface area contributed by atoms with Crippen molar-refractivity contribution in [2.24, 2.45) is 5.73 Å². The van der Waals surface area contributed by atoms with Crippen molar-refractivity contribution < 1.29 is 9.59 Å². The van der Waals surface area contributed by atoms with Crippen LogP contribution in [0.25, 0.3) is 0 Å². The van der Waals surface area contributed by atoms with Gasteiger partial charge in [-0.05, 0) is 38.0 Å². The van der Waals surface area contributed by atoms with E-state index in [4.69, 9.17) is 5.73 Å². The first-order valence-electron chi connectivity index (χ1n) is 8.61. The molecule has 0 saturated carbocycles. The normalized spacial score (nSPS) is 14.3. The van der Waals surface area contributed by atoms with Crippen LogP contribution in [0.1, 0.15) is 34.6 Å². The predicted octanol–water partition coefficient (Wildman–Crippen LogP) is 3.34. The fourth-order valence-corrected chi connectivity index (χ4v) is 5.06. The molecule has 0 bridgehead atoms. The summed E-state index contributed by atoms with van der Waals surface area (Å²) in [4.78, 5) is 28.9. The summed E-state index contributed by atoms with van der Waals surface area (Å²) in [5, 5.41) is 3.49. The van der Waals surface area contributed by atoms with Crippen LogP contribution in [0.3, 0.4) is 0 Å². The van der Waals surface area contributed by atoms with E-state index in [0.29, 0.717) is 22.4 Å². The van der Waals surface area contributed by atoms with Crippen LogP contribution < -0.4 is 11.1 Å². The van der Waals surface area contributed by atoms with Gasteiger partial charge in [0.2, 0.25) is 5.91 Å². The van der Waals surface area contributed by atoms with E-state index in [0.717, 1.165) is 34.8 Å². The summed E-state index contributed by atoms with van der Waals surface area (Å²) in [5.74, 6) is -0.296. The molecule has 138 valence electrons. The number of hydrogen-bond acceptors (Lipinski definition) is 5. The van der Waals surface area contributed by atoms with Gasteiger partial charge in [0.15, 0.2) is 0 Å². The second-order valence-electron chi connectivity index (χ2n) is 6.54. The van der Waals surface area contributed by atoms with E-state index in [9.17, 15) is 9.59 Å². The molecule has 0 spiro atoms. The van der Waals surface area contributed by atoms with Gasteiger partial charge in [-0.1, -0.05) is 18.2 Å². The Morgan fingerprint density at radius 2 is 2.04 bits per heavy atom. The molecule has 7 heteroatoms. The van der Waals surface area contributed by atoms with Gasteiger partial charge < -0.3 is 11.1 Å². The van der Waals surface area contributed by atoms with Crippen LogP contribution in [0.5, 0.6) is 0 Å². The maximum Gasteiger partial charge on any atom is 0.251 e. The number of fused-ring (bicyclic) bond motifs is 1. The number of nitrogens with two attached hydrogens (primary N) is 1. The number of thioether (sulfide) groups is 1. The van der Waals surface area contributed by atoms with Gasteiger partial charge in [0.25, 0.3) is 5.91 Å². The minimum Gasteiger partial charge on any atom is -0.365 e. The van der Waals surface area contributed by atoms with Crippen molar-refractivity contribution in [1.29, 1.82) is 0 Å². The van der Waals surface area contributed by atoms with E-state index in [-0.39, 0.29) is 5.91 Å². The number of nitrogens with one attached hydrogen (secondary N) is 1. The van der Waals surface area contributed by atoms with Gasteiger partial charge in [-0.2, -0.15) is 0 Å². The Balaban J connectivity index is 1.73. The van der Waals surface area contributed by atoms with Crippen molar-refractivity contribution in [3.8, 4) is 0 Å². The van der Waals surface area contributed by atoms with Crippen LogP contribution in [-0.2, 0) is 17.8 Å². The van der Waals surface area contributed by atoms with Crippen LogP contribution in [0.4, 0.5) is 5.00 Å². The number of carbonyl (C=O) groups is 2. The quantitative estimate of drug-likeness (QED) is 0.743. The van der Waals surface area contributed by atoms with Crippen LogP contribution in [0.2, 0.25) is 0 Å². The highest BCUT2D eigenvalue weighted by Crippen LogP contribution is 2.37. The van der Waals surface area contributed by atoms with Gasteiger partial charge in [0.1, 0.15) is 5.00 Å². The number of amides is 2. The Kier molecular flexibility index (Phi) is 6.01. The summed E-state index contributed by atoms with van der Waals surface area (Å²) in [7, 11) is 0. The van der Waals surface area contributed by atoms with Crippen LogP contribution in [0.15, 0.2) is 35.2 Å². The molecule has 1 aliphatic heterocycles. The summed E-state index contributed by atoms with van der Waals surface area (Å²) < 4.78 is 0. The van der Waals surface area contributed by atoms with Crippen LogP contribution >= 0.6 is 23.1 Å². The molecule has 2 amide bonds. The van der Waals surface area contributed by atoms with Crippen molar-refractivity contribution in [1.82, 2.24) is 4.90 Å². The fraction of sp³-hybridized carbons (Fsp3) is 0.368. The van der Waals surface area contributed by atoms with E-state index >= 15 is 0 Å². The molecular weight excluding hydrogens is 366 g/mol. The summed E-state index contributed by atoms with van der Waals surface area (Å²) in [5.41, 5.74) is 7.11. The molecule has 2 aromatic rings. The molecule has 1 aromatic heterocycles. The molecule has 3 rings (SSSR count). The third-order valence-electron chi connectivity index (χ3n) is 4.43. The van der Waals surface area contributed by atoms with Crippen molar-refractivity contribution >= 4 is 39.9 Å². The first kappa shape index (κ1) is 18.9. The highest BCUT2D eigenvalue weighted by Gasteiger charge is 2.28. The number of benzene rings is 1. The lowest BCUT2D eigenvalue weighted by atomic mass is 10.0. The zero-order chi connectivity index (χ0) is 18.7. The monoisotopic (exact) mass is 389 g/mol. The van der Waals surface area contributed by atoms with Crippen LogP contribution in [-0.4, -0.2) is 35.1 Å². The Labute approximate surface area is 162 Å². The Hall–Kier alpha value is -1.83. The number of carbonyl (C=O) groups excluding carboxylic acids is 2. The maximum atomic E-state index is 12.4. The molecule has 0 radical (unpaired) electrons. The minimum absolute atomic E-state index is 0.124. The topological polar surface area (TPSA) is 75.4 Å². The van der Waals surface area contributed by atoms with Gasteiger partial charge in [-0.15, -0.1) is 23.1 Å². The molecule has 0 fully saturated rings. The lowest BCUT2D eigenvalue weighted by molar-refractivity contribution is -0.113. The zero-order valence-corrected chi connectivity index (χ0v) is 16.6. The van der Waals surface area contributed by atoms with Gasteiger partial charge in [0.05, 0.1) is 11.3 Å². The fourth-order valence-electron chi connectivity index (χ4n) is 3.04. The molecule has 0 unspecified atom stereocenters. The molecule has 0 saturated heterocycles. The van der Waals surface area contributed by atoms with Gasteiger partial charge in [0, 0.05) is 28.9 Å². The second-order valence-corrected chi connectivity index (χ2v) is 8.69. The van der Waals surface area contributed by atoms with Crippen molar-refractivity contribution in [2.75, 3.05) is 17.6 Å². The van der Waals surface area contributed by atoms with E-state index in [1.807, 2.05) is 30.3 Å². The third kappa shape index (κ3) is 4.28. The van der Waals surface area contributed by atoms with Gasteiger partial charge >= 0.3 is 0 Å². The Morgan fingerprint density at radius 3 is 2.69 bits per heavy atom. The molecule has 0 aliphatic carbocycles. The van der Waals surface area contributed by atoms with Gasteiger partial charge in [-0.25, -0.2) is 0 Å². The lowest BCUT2D eigenvalue weighted by Crippen LogP contribution is -2.35. The highest BCUT2D eigenvalue weighted by molar-refractivity contribution is 8.00. The number of hydrogen-bond donors (Lipinski definition) is 2. The van der Waals surface area contributed by atoms with Gasteiger partial charge in [-0.3, -0.25) is 14.5 Å². The Bertz CT molecular complexity index is 803. The molecular formula is C19H23N3O2S2. The predicted molar refractivity (Wildman–Crippen MR) is 108 cm³/mol. The average molecular weight is 390 g/mol. The van der Waals surface area contributed by atoms with E-state index < -0.39 is 5.91 Å². The maximum absolute atomic E-state index is 12.4. The van der Waals surface area contributed by atoms with E-state index in [2.05, 4.69) is 24.1 Å². The second kappa shape index (κ2) is 8.24. The molecule has 5 nitrogen and oxygen atoms in total. The Morgan fingerprint density at radius 1 is 1.31 bits per heavy atom. The first-order valence-corrected chi connectivity index (χ1v) is 10.4. The van der Waals surface area contributed by atoms with E-state index in [1.54, 1.807) is 0 Å². The van der Waals surface area contributed by atoms with Crippen LogP contribution in [0, 0.1) is 0 Å². The number of thiophene rings is 1. The molecule has 1 aliphatic rings. The summed E-state index contributed by atoms with van der Waals surface area (Å²) in [6.07, 6.45) is 0.789. The SMILES string of the molecule is CC(C)N1CCc2c(sc(NC(=O)CSc3ccccc3)c2C(N)=O)C1. The molecule has 26 heavy (non-hydrogen) atoms. The molecule has 3 N–H and O–H groups in total. The minimum atomic E-state index is -0.466. The van der Waals surface area contributed by atoms with Crippen molar-refractivity contribution in [3.63, 3.8) is 0 Å². The molecule has 2 heterocycles. The summed E-state index contributed by atoms with van der Waals surface area (Å²) in [6.45, 7) is 6.03. The molecule has 1 aromatic carbocycles. The number of nitrogens with zero attached hydrogens (tertiary/aromatic N) is 1. The zero-order valence-electron chi connectivity index (χ0n) is 15.0. The average Bonchev–Trinajstić information content (AvgIpc) is 2.97. The first-order chi connectivity index (χ1) is 12.5. The van der Waals surface area contributed by atoms with E-state index in [1.165, 1.54) is 23.1 Å².